The highest BCUT2D eigenvalue weighted by atomic mass is 32.2. The zero-order valence-corrected chi connectivity index (χ0v) is 18.0. The van der Waals surface area contributed by atoms with Crippen molar-refractivity contribution in [2.75, 3.05) is 24.2 Å². The van der Waals surface area contributed by atoms with Gasteiger partial charge in [-0.3, -0.25) is 9.52 Å². The van der Waals surface area contributed by atoms with Gasteiger partial charge in [0.2, 0.25) is 15.9 Å². The zero-order chi connectivity index (χ0) is 22.3. The van der Waals surface area contributed by atoms with Crippen LogP contribution in [0.15, 0.2) is 30.3 Å². The third-order valence-corrected chi connectivity index (χ3v) is 5.00. The molecule has 1 heterocycles. The maximum atomic E-state index is 12.8. The molecule has 2 rings (SSSR count). The molecule has 1 aliphatic heterocycles. The third-order valence-electron chi connectivity index (χ3n) is 4.39. The van der Waals surface area contributed by atoms with Gasteiger partial charge in [-0.15, -0.1) is 0 Å². The average molecular weight is 439 g/mol. The molecule has 0 spiro atoms. The van der Waals surface area contributed by atoms with Crippen LogP contribution >= 0.6 is 0 Å². The molecule has 0 radical (unpaired) electrons. The van der Waals surface area contributed by atoms with Crippen LogP contribution in [0.1, 0.15) is 32.3 Å². The normalized spacial score (nSPS) is 19.0. The van der Waals surface area contributed by atoms with Crippen molar-refractivity contribution in [2.24, 2.45) is 0 Å². The van der Waals surface area contributed by atoms with Gasteiger partial charge in [0, 0.05) is 11.8 Å². The molecule has 164 valence electrons. The predicted molar refractivity (Wildman–Crippen MR) is 111 cm³/mol. The number of nitrogens with zero attached hydrogens (tertiary/aromatic N) is 1. The molecular weight excluding hydrogens is 412 g/mol. The van der Waals surface area contributed by atoms with E-state index in [2.05, 4.69) is 4.72 Å². The Morgan fingerprint density at radius 1 is 1.03 bits per heavy atom. The van der Waals surface area contributed by atoms with E-state index in [0.29, 0.717) is 24.1 Å². The summed E-state index contributed by atoms with van der Waals surface area (Å²) in [5.41, 5.74) is 1.03. The van der Waals surface area contributed by atoms with Crippen LogP contribution in [0.25, 0.3) is 6.08 Å². The molecule has 1 aliphatic rings. The van der Waals surface area contributed by atoms with Crippen LogP contribution in [0, 0.1) is 0 Å². The number of ether oxygens (including phenoxy) is 2. The zero-order valence-electron chi connectivity index (χ0n) is 17.2. The Morgan fingerprint density at radius 2 is 1.53 bits per heavy atom. The van der Waals surface area contributed by atoms with Crippen molar-refractivity contribution < 1.29 is 32.3 Å². The van der Waals surface area contributed by atoms with Crippen LogP contribution in [-0.4, -0.2) is 62.7 Å². The molecule has 1 aromatic rings. The van der Waals surface area contributed by atoms with Gasteiger partial charge in [0.15, 0.2) is 0 Å². The van der Waals surface area contributed by atoms with Crippen molar-refractivity contribution in [3.05, 3.63) is 35.9 Å². The van der Waals surface area contributed by atoms with Gasteiger partial charge in [0.05, 0.1) is 19.5 Å². The summed E-state index contributed by atoms with van der Waals surface area (Å²) < 4.78 is 35.0. The minimum atomic E-state index is -3.38. The molecule has 0 unspecified atom stereocenters. The molecule has 0 aromatic heterocycles. The molecule has 10 heteroatoms. The van der Waals surface area contributed by atoms with Crippen LogP contribution < -0.4 is 4.72 Å². The number of esters is 2. The van der Waals surface area contributed by atoms with E-state index in [1.54, 1.807) is 38.1 Å². The molecule has 1 amide bonds. The second-order valence-corrected chi connectivity index (χ2v) is 8.44. The van der Waals surface area contributed by atoms with Crippen molar-refractivity contribution >= 4 is 39.6 Å². The Morgan fingerprint density at radius 3 is 1.97 bits per heavy atom. The number of sulfonamides is 1. The first kappa shape index (κ1) is 23.4. The number of likely N-dealkylation sites (tertiary alicyclic amines) is 1. The van der Waals surface area contributed by atoms with E-state index in [1.165, 1.54) is 17.1 Å². The number of carbonyl (C=O) groups is 3. The quantitative estimate of drug-likeness (QED) is 0.483. The Kier molecular flexibility index (Phi) is 7.99. The fourth-order valence-corrected chi connectivity index (χ4v) is 3.75. The smallest absolute Gasteiger partial charge is 0.328 e. The number of amides is 1. The van der Waals surface area contributed by atoms with Gasteiger partial charge in [-0.25, -0.2) is 18.0 Å². The molecule has 1 N–H and O–H groups in total. The van der Waals surface area contributed by atoms with E-state index in [0.717, 1.165) is 6.26 Å². The lowest BCUT2D eigenvalue weighted by molar-refractivity contribution is -0.158. The first-order chi connectivity index (χ1) is 14.2. The highest BCUT2D eigenvalue weighted by Crippen LogP contribution is 2.27. The number of carbonyl (C=O) groups excluding carboxylic acids is 3. The number of benzene rings is 1. The van der Waals surface area contributed by atoms with Gasteiger partial charge < -0.3 is 14.4 Å². The summed E-state index contributed by atoms with van der Waals surface area (Å²) in [5.74, 6) is -1.62. The van der Waals surface area contributed by atoms with Gasteiger partial charge in [-0.05, 0) is 50.5 Å². The molecule has 0 aliphatic carbocycles. The fourth-order valence-electron chi connectivity index (χ4n) is 3.19. The summed E-state index contributed by atoms with van der Waals surface area (Å²) in [5, 5.41) is 0. The Hall–Kier alpha value is -2.88. The van der Waals surface area contributed by atoms with Crippen LogP contribution in [0.4, 0.5) is 5.69 Å². The molecule has 2 atom stereocenters. The molecule has 30 heavy (non-hydrogen) atoms. The van der Waals surface area contributed by atoms with Crippen LogP contribution in [0.5, 0.6) is 0 Å². The Bertz CT molecular complexity index is 884. The minimum absolute atomic E-state index is 0.172. The maximum absolute atomic E-state index is 12.8. The summed E-state index contributed by atoms with van der Waals surface area (Å²) in [7, 11) is -3.38. The summed E-state index contributed by atoms with van der Waals surface area (Å²) >= 11 is 0. The van der Waals surface area contributed by atoms with E-state index >= 15 is 0 Å². The van der Waals surface area contributed by atoms with Gasteiger partial charge in [0.1, 0.15) is 12.1 Å². The molecular formula is C20H26N2O7S. The number of hydrogen-bond donors (Lipinski definition) is 1. The predicted octanol–water partition coefficient (Wildman–Crippen LogP) is 1.56. The van der Waals surface area contributed by atoms with Gasteiger partial charge in [-0.1, -0.05) is 12.1 Å². The average Bonchev–Trinajstić information content (AvgIpc) is 3.12. The van der Waals surface area contributed by atoms with Crippen molar-refractivity contribution in [1.82, 2.24) is 4.90 Å². The number of hydrogen-bond acceptors (Lipinski definition) is 7. The van der Waals surface area contributed by atoms with E-state index in [1.807, 2.05) is 0 Å². The maximum Gasteiger partial charge on any atom is 0.328 e. The van der Waals surface area contributed by atoms with E-state index in [9.17, 15) is 22.8 Å². The number of anilines is 1. The lowest BCUT2D eigenvalue weighted by atomic mass is 10.2. The standard InChI is InChI=1S/C20H26N2O7S/c1-4-28-19(24)16-11-12-17(20(25)29-5-2)22(16)18(23)13-8-14-6-9-15(10-7-14)21-30(3,26)27/h6-10,13,16-17,21H,4-5,11-12H2,1-3H3/b13-8+/t16-,17-/m1/s1. The van der Waals surface area contributed by atoms with Crippen LogP contribution in [0.3, 0.4) is 0 Å². The SMILES string of the molecule is CCOC(=O)[C@H]1CC[C@H](C(=O)OCC)N1C(=O)/C=C/c1ccc(NS(C)(=O)=O)cc1. The molecule has 1 aromatic carbocycles. The molecule has 0 saturated carbocycles. The minimum Gasteiger partial charge on any atom is -0.464 e. The summed E-state index contributed by atoms with van der Waals surface area (Å²) in [6.45, 7) is 3.68. The highest BCUT2D eigenvalue weighted by Gasteiger charge is 2.45. The summed E-state index contributed by atoms with van der Waals surface area (Å²) in [4.78, 5) is 38.6. The monoisotopic (exact) mass is 438 g/mol. The van der Waals surface area contributed by atoms with Crippen LogP contribution in [-0.2, 0) is 33.9 Å². The van der Waals surface area contributed by atoms with Gasteiger partial charge >= 0.3 is 11.9 Å². The van der Waals surface area contributed by atoms with Crippen molar-refractivity contribution in [3.63, 3.8) is 0 Å². The molecule has 1 fully saturated rings. The van der Waals surface area contributed by atoms with E-state index in [4.69, 9.17) is 9.47 Å². The summed E-state index contributed by atoms with van der Waals surface area (Å²) in [6.07, 6.45) is 4.47. The van der Waals surface area contributed by atoms with E-state index < -0.39 is 40.0 Å². The fraction of sp³-hybridized carbons (Fsp3) is 0.450. The third kappa shape index (κ3) is 6.31. The van der Waals surface area contributed by atoms with Gasteiger partial charge in [-0.2, -0.15) is 0 Å². The largest absolute Gasteiger partial charge is 0.464 e. The molecule has 1 saturated heterocycles. The lowest BCUT2D eigenvalue weighted by Gasteiger charge is -2.26. The van der Waals surface area contributed by atoms with E-state index in [-0.39, 0.29) is 13.2 Å². The first-order valence-electron chi connectivity index (χ1n) is 9.57. The topological polar surface area (TPSA) is 119 Å². The molecule has 9 nitrogen and oxygen atoms in total. The van der Waals surface area contributed by atoms with Crippen LogP contribution in [0.2, 0.25) is 0 Å². The number of nitrogens with one attached hydrogen (secondary N) is 1. The molecule has 0 bridgehead atoms. The van der Waals surface area contributed by atoms with Crippen molar-refractivity contribution in [3.8, 4) is 0 Å². The second kappa shape index (κ2) is 10.2. The number of rotatable bonds is 8. The van der Waals surface area contributed by atoms with Crippen molar-refractivity contribution in [1.29, 1.82) is 0 Å². The Labute approximate surface area is 176 Å². The lowest BCUT2D eigenvalue weighted by Crippen LogP contribution is -2.48. The van der Waals surface area contributed by atoms with Gasteiger partial charge in [0.25, 0.3) is 0 Å². The van der Waals surface area contributed by atoms with Crippen molar-refractivity contribution in [2.45, 2.75) is 38.8 Å². The highest BCUT2D eigenvalue weighted by molar-refractivity contribution is 7.92. The first-order valence-corrected chi connectivity index (χ1v) is 11.5. The Balaban J connectivity index is 2.18. The second-order valence-electron chi connectivity index (χ2n) is 6.69. The summed E-state index contributed by atoms with van der Waals surface area (Å²) in [6, 6.07) is 4.68.